The summed E-state index contributed by atoms with van der Waals surface area (Å²) in [6.45, 7) is 6.50. The molecule has 2 aromatic rings. The normalized spacial score (nSPS) is 18.1. The molecule has 2 aromatic carbocycles. The van der Waals surface area contributed by atoms with E-state index in [0.717, 1.165) is 22.6 Å². The van der Waals surface area contributed by atoms with E-state index in [2.05, 4.69) is 31.2 Å². The summed E-state index contributed by atoms with van der Waals surface area (Å²) in [5.41, 5.74) is 10.1. The lowest BCUT2D eigenvalue weighted by Crippen LogP contribution is -2.45. The van der Waals surface area contributed by atoms with E-state index >= 15 is 0 Å². The molecule has 0 radical (unpaired) electrons. The van der Waals surface area contributed by atoms with Gasteiger partial charge >= 0.3 is 0 Å². The van der Waals surface area contributed by atoms with Crippen molar-refractivity contribution in [1.82, 2.24) is 0 Å². The second kappa shape index (κ2) is 6.65. The van der Waals surface area contributed by atoms with E-state index in [1.807, 2.05) is 36.9 Å². The standard InChI is InChI=1S/C20H24N2O2/c1-4-18-20(23)22(12-15-7-5-13(2)6-8-15)17-11-16(14(3)21)9-10-19(17)24-18/h5-11,14,18H,4,12,21H2,1-3H3. The molecule has 2 atom stereocenters. The summed E-state index contributed by atoms with van der Waals surface area (Å²) in [6.07, 6.45) is 0.224. The molecular formula is C20H24N2O2. The smallest absolute Gasteiger partial charge is 0.268 e. The number of hydrogen-bond acceptors (Lipinski definition) is 3. The molecule has 0 saturated carbocycles. The van der Waals surface area contributed by atoms with Crippen LogP contribution >= 0.6 is 0 Å². The lowest BCUT2D eigenvalue weighted by molar-refractivity contribution is -0.126. The molecule has 4 heteroatoms. The first-order valence-corrected chi connectivity index (χ1v) is 8.42. The average Bonchev–Trinajstić information content (AvgIpc) is 2.58. The maximum absolute atomic E-state index is 12.8. The molecule has 0 bridgehead atoms. The van der Waals surface area contributed by atoms with Gasteiger partial charge < -0.3 is 15.4 Å². The Bertz CT molecular complexity index is 738. The number of aryl methyl sites for hydroxylation is 1. The fourth-order valence-corrected chi connectivity index (χ4v) is 2.92. The Morgan fingerprint density at radius 1 is 1.21 bits per heavy atom. The third-order valence-electron chi connectivity index (χ3n) is 4.44. The highest BCUT2D eigenvalue weighted by molar-refractivity contribution is 6.00. The minimum Gasteiger partial charge on any atom is -0.478 e. The zero-order chi connectivity index (χ0) is 17.3. The second-order valence-electron chi connectivity index (χ2n) is 6.44. The van der Waals surface area contributed by atoms with Crippen LogP contribution in [0.1, 0.15) is 43.0 Å². The Labute approximate surface area is 143 Å². The molecule has 126 valence electrons. The van der Waals surface area contributed by atoms with Gasteiger partial charge in [0.2, 0.25) is 0 Å². The second-order valence-corrected chi connectivity index (χ2v) is 6.44. The lowest BCUT2D eigenvalue weighted by atomic mass is 10.0. The van der Waals surface area contributed by atoms with Crippen LogP contribution in [0.3, 0.4) is 0 Å². The minimum absolute atomic E-state index is 0.00685. The number of anilines is 1. The van der Waals surface area contributed by atoms with Crippen LogP contribution in [0, 0.1) is 6.92 Å². The molecule has 1 aliphatic heterocycles. The van der Waals surface area contributed by atoms with Crippen molar-refractivity contribution in [2.45, 2.75) is 45.9 Å². The molecule has 0 fully saturated rings. The highest BCUT2D eigenvalue weighted by Crippen LogP contribution is 2.37. The maximum Gasteiger partial charge on any atom is 0.268 e. The number of amides is 1. The number of carbonyl (C=O) groups excluding carboxylic acids is 1. The Morgan fingerprint density at radius 2 is 1.92 bits per heavy atom. The molecule has 2 unspecified atom stereocenters. The summed E-state index contributed by atoms with van der Waals surface area (Å²) in [5, 5.41) is 0. The van der Waals surface area contributed by atoms with Gasteiger partial charge in [0.05, 0.1) is 12.2 Å². The van der Waals surface area contributed by atoms with E-state index in [1.165, 1.54) is 5.56 Å². The average molecular weight is 324 g/mol. The summed E-state index contributed by atoms with van der Waals surface area (Å²) < 4.78 is 5.88. The summed E-state index contributed by atoms with van der Waals surface area (Å²) in [4.78, 5) is 14.7. The molecule has 4 nitrogen and oxygen atoms in total. The molecule has 0 aromatic heterocycles. The van der Waals surface area contributed by atoms with Crippen molar-refractivity contribution in [2.24, 2.45) is 5.73 Å². The van der Waals surface area contributed by atoms with Crippen molar-refractivity contribution >= 4 is 11.6 Å². The van der Waals surface area contributed by atoms with Crippen LogP contribution in [-0.4, -0.2) is 12.0 Å². The minimum atomic E-state index is -0.427. The van der Waals surface area contributed by atoms with Crippen LogP contribution < -0.4 is 15.4 Å². The van der Waals surface area contributed by atoms with Crippen LogP contribution in [0.4, 0.5) is 5.69 Å². The Hall–Kier alpha value is -2.33. The zero-order valence-electron chi connectivity index (χ0n) is 14.5. The molecule has 0 saturated heterocycles. The number of nitrogens with two attached hydrogens (primary N) is 1. The fraction of sp³-hybridized carbons (Fsp3) is 0.350. The molecule has 0 spiro atoms. The van der Waals surface area contributed by atoms with Crippen molar-refractivity contribution in [2.75, 3.05) is 4.90 Å². The largest absolute Gasteiger partial charge is 0.478 e. The van der Waals surface area contributed by atoms with E-state index in [4.69, 9.17) is 10.5 Å². The van der Waals surface area contributed by atoms with Gasteiger partial charge in [0.25, 0.3) is 5.91 Å². The quantitative estimate of drug-likeness (QED) is 0.932. The van der Waals surface area contributed by atoms with Crippen LogP contribution in [0.2, 0.25) is 0 Å². The van der Waals surface area contributed by atoms with Gasteiger partial charge in [0, 0.05) is 6.04 Å². The van der Waals surface area contributed by atoms with Crippen LogP contribution in [0.25, 0.3) is 0 Å². The highest BCUT2D eigenvalue weighted by atomic mass is 16.5. The van der Waals surface area contributed by atoms with Gasteiger partial charge in [-0.05, 0) is 43.5 Å². The third kappa shape index (κ3) is 3.15. The van der Waals surface area contributed by atoms with E-state index in [9.17, 15) is 4.79 Å². The SMILES string of the molecule is CCC1Oc2ccc(C(C)N)cc2N(Cc2ccc(C)cc2)C1=O. The molecular weight excluding hydrogens is 300 g/mol. The molecule has 3 rings (SSSR count). The lowest BCUT2D eigenvalue weighted by Gasteiger charge is -2.34. The van der Waals surface area contributed by atoms with E-state index in [1.54, 1.807) is 0 Å². The predicted molar refractivity (Wildman–Crippen MR) is 96.1 cm³/mol. The molecule has 24 heavy (non-hydrogen) atoms. The number of rotatable bonds is 4. The number of benzene rings is 2. The molecule has 1 aliphatic rings. The van der Waals surface area contributed by atoms with E-state index in [0.29, 0.717) is 13.0 Å². The first kappa shape index (κ1) is 16.5. The monoisotopic (exact) mass is 324 g/mol. The number of nitrogens with zero attached hydrogens (tertiary/aromatic N) is 1. The van der Waals surface area contributed by atoms with Crippen LogP contribution in [0.15, 0.2) is 42.5 Å². The number of fused-ring (bicyclic) bond motifs is 1. The first-order valence-electron chi connectivity index (χ1n) is 8.42. The number of carbonyl (C=O) groups is 1. The summed E-state index contributed by atoms with van der Waals surface area (Å²) in [5.74, 6) is 0.755. The predicted octanol–water partition coefficient (Wildman–Crippen LogP) is 3.72. The van der Waals surface area contributed by atoms with Crippen molar-refractivity contribution in [1.29, 1.82) is 0 Å². The number of hydrogen-bond donors (Lipinski definition) is 1. The Morgan fingerprint density at radius 3 is 2.54 bits per heavy atom. The van der Waals surface area contributed by atoms with Crippen molar-refractivity contribution in [3.05, 3.63) is 59.2 Å². The molecule has 0 aliphatic carbocycles. The number of ether oxygens (including phenoxy) is 1. The van der Waals surface area contributed by atoms with Crippen molar-refractivity contribution < 1.29 is 9.53 Å². The van der Waals surface area contributed by atoms with Gasteiger partial charge in [-0.3, -0.25) is 4.79 Å². The molecule has 1 amide bonds. The Balaban J connectivity index is 2.00. The fourth-order valence-electron chi connectivity index (χ4n) is 2.92. The molecule has 2 N–H and O–H groups in total. The molecule has 1 heterocycles. The zero-order valence-corrected chi connectivity index (χ0v) is 14.5. The van der Waals surface area contributed by atoms with Gasteiger partial charge in [-0.25, -0.2) is 0 Å². The van der Waals surface area contributed by atoms with Crippen molar-refractivity contribution in [3.63, 3.8) is 0 Å². The van der Waals surface area contributed by atoms with Crippen molar-refractivity contribution in [3.8, 4) is 5.75 Å². The van der Waals surface area contributed by atoms with Gasteiger partial charge in [0.1, 0.15) is 5.75 Å². The summed E-state index contributed by atoms with van der Waals surface area (Å²) >= 11 is 0. The van der Waals surface area contributed by atoms with Gasteiger partial charge in [-0.2, -0.15) is 0 Å². The summed E-state index contributed by atoms with van der Waals surface area (Å²) in [6, 6.07) is 14.0. The van der Waals surface area contributed by atoms with Crippen LogP contribution in [-0.2, 0) is 11.3 Å². The van der Waals surface area contributed by atoms with Gasteiger partial charge in [-0.1, -0.05) is 42.8 Å². The van der Waals surface area contributed by atoms with E-state index < -0.39 is 6.10 Å². The highest BCUT2D eigenvalue weighted by Gasteiger charge is 2.33. The van der Waals surface area contributed by atoms with Crippen LogP contribution in [0.5, 0.6) is 5.75 Å². The first-order chi connectivity index (χ1) is 11.5. The third-order valence-corrected chi connectivity index (χ3v) is 4.44. The maximum atomic E-state index is 12.8. The Kier molecular flexibility index (Phi) is 4.58. The van der Waals surface area contributed by atoms with Gasteiger partial charge in [-0.15, -0.1) is 0 Å². The van der Waals surface area contributed by atoms with Gasteiger partial charge in [0.15, 0.2) is 6.10 Å². The van der Waals surface area contributed by atoms with E-state index in [-0.39, 0.29) is 11.9 Å². The summed E-state index contributed by atoms with van der Waals surface area (Å²) in [7, 11) is 0. The topological polar surface area (TPSA) is 55.6 Å².